The third kappa shape index (κ3) is 5.28. The Hall–Kier alpha value is -1.21. The lowest BCUT2D eigenvalue weighted by molar-refractivity contribution is -0.166. The Kier molecular flexibility index (Phi) is 6.56. The molecule has 88 valence electrons. The molecule has 0 aliphatic heterocycles. The zero-order valence-electron chi connectivity index (χ0n) is 9.30. The predicted octanol–water partition coefficient (Wildman–Crippen LogP) is 0.498. The van der Waals surface area contributed by atoms with Crippen LogP contribution in [-0.4, -0.2) is 44.3 Å². The molecule has 0 saturated heterocycles. The van der Waals surface area contributed by atoms with Crippen LogP contribution in [0.15, 0.2) is 5.29 Å². The minimum absolute atomic E-state index is 0.0882. The van der Waals surface area contributed by atoms with E-state index < -0.39 is 18.5 Å². The second-order valence-electron chi connectivity index (χ2n) is 2.81. The molecule has 0 fully saturated rings. The summed E-state index contributed by atoms with van der Waals surface area (Å²) >= 11 is 0. The van der Waals surface area contributed by atoms with Gasteiger partial charge in [-0.1, -0.05) is 0 Å². The van der Waals surface area contributed by atoms with Gasteiger partial charge in [-0.2, -0.15) is 0 Å². The molecule has 0 aliphatic carbocycles. The van der Waals surface area contributed by atoms with E-state index in [0.717, 1.165) is 5.01 Å². The molecule has 0 aliphatic rings. The highest BCUT2D eigenvalue weighted by molar-refractivity contribution is 5.66. The number of rotatable bonds is 7. The van der Waals surface area contributed by atoms with E-state index in [-0.39, 0.29) is 6.54 Å². The number of nitroso groups, excluding NO2 is 1. The maximum atomic E-state index is 10.6. The lowest BCUT2D eigenvalue weighted by Gasteiger charge is -2.25. The van der Waals surface area contributed by atoms with Gasteiger partial charge in [0.15, 0.2) is 12.5 Å². The van der Waals surface area contributed by atoms with E-state index in [2.05, 4.69) is 5.29 Å². The maximum absolute atomic E-state index is 10.6. The Bertz CT molecular complexity index is 207. The molecule has 1 unspecified atom stereocenters. The topological polar surface area (TPSA) is 77.4 Å². The molecule has 0 aromatic rings. The molecule has 0 heterocycles. The first-order valence-electron chi connectivity index (χ1n) is 4.37. The van der Waals surface area contributed by atoms with Crippen LogP contribution in [0.4, 0.5) is 0 Å². The van der Waals surface area contributed by atoms with Gasteiger partial charge in [0.25, 0.3) is 0 Å². The average Bonchev–Trinajstić information content (AvgIpc) is 2.18. The lowest BCUT2D eigenvalue weighted by Crippen LogP contribution is -2.38. The molecule has 7 heteroatoms. The monoisotopic (exact) mass is 220 g/mol. The summed E-state index contributed by atoms with van der Waals surface area (Å²) in [6.07, 6.45) is -1.34. The quantitative estimate of drug-likeness (QED) is 0.269. The summed E-state index contributed by atoms with van der Waals surface area (Å²) in [7, 11) is 2.88. The highest BCUT2D eigenvalue weighted by Crippen LogP contribution is 2.05. The smallest absolute Gasteiger partial charge is 0.304 e. The summed E-state index contributed by atoms with van der Waals surface area (Å²) in [4.78, 5) is 21.1. The Labute approximate surface area is 88.2 Å². The van der Waals surface area contributed by atoms with Crippen LogP contribution in [0.2, 0.25) is 0 Å². The highest BCUT2D eigenvalue weighted by atomic mass is 16.7. The van der Waals surface area contributed by atoms with Crippen molar-refractivity contribution in [2.75, 3.05) is 20.8 Å². The first-order chi connectivity index (χ1) is 7.04. The van der Waals surface area contributed by atoms with Crippen molar-refractivity contribution in [1.82, 2.24) is 5.01 Å². The number of hydrogen-bond donors (Lipinski definition) is 0. The second kappa shape index (κ2) is 7.13. The second-order valence-corrected chi connectivity index (χ2v) is 2.81. The molecule has 0 rings (SSSR count). The molecule has 7 nitrogen and oxygen atoms in total. The van der Waals surface area contributed by atoms with E-state index in [1.54, 1.807) is 0 Å². The van der Waals surface area contributed by atoms with Gasteiger partial charge < -0.3 is 14.2 Å². The zero-order valence-corrected chi connectivity index (χ0v) is 9.30. The highest BCUT2D eigenvalue weighted by Gasteiger charge is 2.20. The number of ether oxygens (including phenoxy) is 3. The van der Waals surface area contributed by atoms with Crippen LogP contribution in [0, 0.1) is 4.91 Å². The normalized spacial score (nSPS) is 12.3. The van der Waals surface area contributed by atoms with Crippen LogP contribution in [0.3, 0.4) is 0 Å². The summed E-state index contributed by atoms with van der Waals surface area (Å²) in [6.45, 7) is 2.87. The number of nitrogens with zero attached hydrogens (tertiary/aromatic N) is 2. The van der Waals surface area contributed by atoms with Gasteiger partial charge in [0, 0.05) is 21.1 Å². The van der Waals surface area contributed by atoms with Crippen LogP contribution >= 0.6 is 0 Å². The lowest BCUT2D eigenvalue weighted by atomic mass is 10.5. The Morgan fingerprint density at radius 3 is 2.27 bits per heavy atom. The first-order valence-corrected chi connectivity index (χ1v) is 4.37. The fraction of sp³-hybridized carbons (Fsp3) is 0.875. The summed E-state index contributed by atoms with van der Waals surface area (Å²) in [6, 6.07) is 0. The predicted molar refractivity (Wildman–Crippen MR) is 51.5 cm³/mol. The molecular weight excluding hydrogens is 204 g/mol. The Morgan fingerprint density at radius 1 is 1.40 bits per heavy atom. The molecule has 0 spiro atoms. The molecule has 0 bridgehead atoms. The van der Waals surface area contributed by atoms with Crippen LogP contribution in [-0.2, 0) is 19.0 Å². The van der Waals surface area contributed by atoms with Crippen LogP contribution in [0.5, 0.6) is 0 Å². The van der Waals surface area contributed by atoms with Gasteiger partial charge in [-0.25, -0.2) is 5.01 Å². The van der Waals surface area contributed by atoms with Crippen molar-refractivity contribution < 1.29 is 19.0 Å². The van der Waals surface area contributed by atoms with Crippen molar-refractivity contribution in [2.45, 2.75) is 26.4 Å². The third-order valence-electron chi connectivity index (χ3n) is 1.72. The van der Waals surface area contributed by atoms with Gasteiger partial charge in [-0.3, -0.25) is 4.79 Å². The van der Waals surface area contributed by atoms with E-state index in [1.165, 1.54) is 28.1 Å². The summed E-state index contributed by atoms with van der Waals surface area (Å²) in [5.74, 6) is -0.484. The van der Waals surface area contributed by atoms with Gasteiger partial charge in [-0.05, 0) is 6.92 Å². The molecular formula is C8H16N2O5. The van der Waals surface area contributed by atoms with Gasteiger partial charge >= 0.3 is 5.97 Å². The van der Waals surface area contributed by atoms with Gasteiger partial charge in [0.2, 0.25) is 0 Å². The van der Waals surface area contributed by atoms with E-state index in [0.29, 0.717) is 0 Å². The Balaban J connectivity index is 4.21. The molecule has 0 aromatic carbocycles. The Morgan fingerprint density at radius 2 is 1.93 bits per heavy atom. The standard InChI is InChI=1S/C8H16N2O5/c1-6(15-7(2)11)10(9-12)5-8(13-3)14-4/h6,8H,5H2,1-4H3. The van der Waals surface area contributed by atoms with E-state index >= 15 is 0 Å². The van der Waals surface area contributed by atoms with Crippen molar-refractivity contribution in [3.05, 3.63) is 4.91 Å². The minimum atomic E-state index is -0.743. The van der Waals surface area contributed by atoms with Crippen molar-refractivity contribution in [2.24, 2.45) is 5.29 Å². The number of hydrogen-bond acceptors (Lipinski definition) is 6. The molecule has 0 N–H and O–H groups in total. The third-order valence-corrected chi connectivity index (χ3v) is 1.72. The molecule has 0 saturated carbocycles. The molecule has 1 atom stereocenters. The zero-order chi connectivity index (χ0) is 11.8. The number of methoxy groups -OCH3 is 2. The van der Waals surface area contributed by atoms with Gasteiger partial charge in [0.05, 0.1) is 11.8 Å². The van der Waals surface area contributed by atoms with Crippen molar-refractivity contribution in [1.29, 1.82) is 0 Å². The minimum Gasteiger partial charge on any atom is -0.440 e. The largest absolute Gasteiger partial charge is 0.440 e. The SMILES string of the molecule is COC(CN(N=O)C(C)OC(C)=O)OC. The van der Waals surface area contributed by atoms with Crippen LogP contribution < -0.4 is 0 Å². The number of carbonyl (C=O) groups is 1. The number of esters is 1. The van der Waals surface area contributed by atoms with Gasteiger partial charge in [-0.15, -0.1) is 4.91 Å². The fourth-order valence-corrected chi connectivity index (χ4v) is 0.947. The molecule has 15 heavy (non-hydrogen) atoms. The number of carbonyl (C=O) groups excluding carboxylic acids is 1. The van der Waals surface area contributed by atoms with E-state index in [1.807, 2.05) is 0 Å². The van der Waals surface area contributed by atoms with Crippen LogP contribution in [0.1, 0.15) is 13.8 Å². The van der Waals surface area contributed by atoms with E-state index in [9.17, 15) is 9.70 Å². The van der Waals surface area contributed by atoms with Crippen LogP contribution in [0.25, 0.3) is 0 Å². The molecule has 0 radical (unpaired) electrons. The summed E-state index contributed by atoms with van der Waals surface area (Å²) < 4.78 is 14.5. The van der Waals surface area contributed by atoms with Gasteiger partial charge in [0.1, 0.15) is 0 Å². The average molecular weight is 220 g/mol. The van der Waals surface area contributed by atoms with E-state index in [4.69, 9.17) is 14.2 Å². The molecule has 0 amide bonds. The fourth-order valence-electron chi connectivity index (χ4n) is 0.947. The van der Waals surface area contributed by atoms with Crippen molar-refractivity contribution in [3.63, 3.8) is 0 Å². The molecule has 0 aromatic heterocycles. The van der Waals surface area contributed by atoms with Crippen molar-refractivity contribution >= 4 is 5.97 Å². The first kappa shape index (κ1) is 13.8. The summed E-state index contributed by atoms with van der Waals surface area (Å²) in [5, 5.41) is 3.75. The summed E-state index contributed by atoms with van der Waals surface area (Å²) in [5.41, 5.74) is 0. The van der Waals surface area contributed by atoms with Crippen molar-refractivity contribution in [3.8, 4) is 0 Å². The maximum Gasteiger partial charge on any atom is 0.304 e.